The van der Waals surface area contributed by atoms with Gasteiger partial charge in [-0.2, -0.15) is 5.10 Å². The summed E-state index contributed by atoms with van der Waals surface area (Å²) >= 11 is 0. The first kappa shape index (κ1) is 16.6. The van der Waals surface area contributed by atoms with Crippen molar-refractivity contribution in [1.29, 1.82) is 0 Å². The van der Waals surface area contributed by atoms with Crippen LogP contribution >= 0.6 is 0 Å². The van der Waals surface area contributed by atoms with Gasteiger partial charge in [0.2, 0.25) is 0 Å². The van der Waals surface area contributed by atoms with Crippen LogP contribution in [-0.2, 0) is 21.4 Å². The van der Waals surface area contributed by atoms with Gasteiger partial charge >= 0.3 is 5.97 Å². The Morgan fingerprint density at radius 3 is 2.36 bits per heavy atom. The van der Waals surface area contributed by atoms with Gasteiger partial charge in [-0.1, -0.05) is 0 Å². The van der Waals surface area contributed by atoms with Crippen molar-refractivity contribution in [3.05, 3.63) is 24.0 Å². The molecule has 1 aromatic heterocycles. The SMILES string of the molecule is C[C@H](OC(=O)/C=C/c1cnn(C)c1)C(=O)C12CC3CC(CC(C3)C1)C2. The van der Waals surface area contributed by atoms with Crippen LogP contribution in [0.15, 0.2) is 18.5 Å². The second kappa shape index (κ2) is 6.11. The molecule has 5 nitrogen and oxygen atoms in total. The normalized spacial score (nSPS) is 34.4. The smallest absolute Gasteiger partial charge is 0.331 e. The second-order valence-corrected chi connectivity index (χ2v) is 8.42. The average Bonchev–Trinajstić information content (AvgIpc) is 2.96. The van der Waals surface area contributed by atoms with Gasteiger partial charge in [0.15, 0.2) is 11.9 Å². The topological polar surface area (TPSA) is 61.2 Å². The van der Waals surface area contributed by atoms with Crippen LogP contribution in [0.5, 0.6) is 0 Å². The van der Waals surface area contributed by atoms with Gasteiger partial charge in [-0.15, -0.1) is 0 Å². The molecule has 0 aromatic carbocycles. The molecule has 4 saturated carbocycles. The zero-order chi connectivity index (χ0) is 17.6. The number of hydrogen-bond acceptors (Lipinski definition) is 4. The van der Waals surface area contributed by atoms with Gasteiger partial charge in [-0.25, -0.2) is 4.79 Å². The molecule has 4 aliphatic carbocycles. The lowest BCUT2D eigenvalue weighted by Crippen LogP contribution is -2.52. The molecule has 4 bridgehead atoms. The fourth-order valence-electron chi connectivity index (χ4n) is 5.80. The Bertz CT molecular complexity index is 683. The molecule has 5 rings (SSSR count). The summed E-state index contributed by atoms with van der Waals surface area (Å²) in [5.74, 6) is 1.82. The van der Waals surface area contributed by atoms with E-state index in [2.05, 4.69) is 5.10 Å². The maximum absolute atomic E-state index is 13.1. The number of hydrogen-bond donors (Lipinski definition) is 0. The standard InChI is InChI=1S/C20H26N2O3/c1-13(25-18(23)4-3-14-11-21-22(2)12-14)19(24)20-8-15-5-16(9-20)7-17(6-15)10-20/h3-4,11-13,15-17H,5-10H2,1-2H3/b4-3+/t13-,15?,16?,17?,20?/m0/s1. The van der Waals surface area contributed by atoms with Crippen molar-refractivity contribution in [2.45, 2.75) is 51.6 Å². The maximum atomic E-state index is 13.1. The van der Waals surface area contributed by atoms with E-state index in [-0.39, 0.29) is 11.2 Å². The highest BCUT2D eigenvalue weighted by molar-refractivity contribution is 5.93. The fourth-order valence-corrected chi connectivity index (χ4v) is 5.80. The predicted molar refractivity (Wildman–Crippen MR) is 93.4 cm³/mol. The molecule has 134 valence electrons. The van der Waals surface area contributed by atoms with E-state index in [9.17, 15) is 9.59 Å². The number of aromatic nitrogens is 2. The highest BCUT2D eigenvalue weighted by atomic mass is 16.5. The van der Waals surface area contributed by atoms with Crippen molar-refractivity contribution in [2.75, 3.05) is 0 Å². The zero-order valence-electron chi connectivity index (χ0n) is 15.0. The molecule has 4 aliphatic rings. The van der Waals surface area contributed by atoms with Crippen LogP contribution in [-0.4, -0.2) is 27.6 Å². The number of ketones is 1. The Labute approximate surface area is 148 Å². The van der Waals surface area contributed by atoms with Crippen LogP contribution < -0.4 is 0 Å². The molecule has 4 fully saturated rings. The van der Waals surface area contributed by atoms with Gasteiger partial charge < -0.3 is 4.74 Å². The van der Waals surface area contributed by atoms with Gasteiger partial charge in [0, 0.05) is 30.3 Å². The van der Waals surface area contributed by atoms with Crippen LogP contribution in [0.4, 0.5) is 0 Å². The van der Waals surface area contributed by atoms with E-state index in [1.807, 2.05) is 13.2 Å². The highest BCUT2D eigenvalue weighted by Gasteiger charge is 2.55. The fraction of sp³-hybridized carbons (Fsp3) is 0.650. The molecule has 0 aliphatic heterocycles. The molecule has 25 heavy (non-hydrogen) atoms. The van der Waals surface area contributed by atoms with E-state index < -0.39 is 12.1 Å². The molecule has 1 atom stereocenters. The van der Waals surface area contributed by atoms with Crippen LogP contribution in [0.25, 0.3) is 6.08 Å². The molecule has 0 saturated heterocycles. The zero-order valence-corrected chi connectivity index (χ0v) is 15.0. The summed E-state index contributed by atoms with van der Waals surface area (Å²) in [6.45, 7) is 1.73. The van der Waals surface area contributed by atoms with Gasteiger partial charge in [-0.05, 0) is 69.3 Å². The Kier molecular flexibility index (Phi) is 4.05. The van der Waals surface area contributed by atoms with Crippen LogP contribution in [0.3, 0.4) is 0 Å². The maximum Gasteiger partial charge on any atom is 0.331 e. The lowest BCUT2D eigenvalue weighted by molar-refractivity contribution is -0.162. The summed E-state index contributed by atoms with van der Waals surface area (Å²) in [6.07, 6.45) is 12.8. The molecular formula is C20H26N2O3. The summed E-state index contributed by atoms with van der Waals surface area (Å²) in [4.78, 5) is 25.2. The summed E-state index contributed by atoms with van der Waals surface area (Å²) in [7, 11) is 1.82. The minimum atomic E-state index is -0.665. The Balaban J connectivity index is 1.39. The van der Waals surface area contributed by atoms with Gasteiger partial charge in [-0.3, -0.25) is 9.48 Å². The van der Waals surface area contributed by atoms with Gasteiger partial charge in [0.1, 0.15) is 0 Å². The van der Waals surface area contributed by atoms with E-state index in [1.165, 1.54) is 25.3 Å². The van der Waals surface area contributed by atoms with Crippen molar-refractivity contribution in [1.82, 2.24) is 9.78 Å². The van der Waals surface area contributed by atoms with Crippen molar-refractivity contribution < 1.29 is 14.3 Å². The summed E-state index contributed by atoms with van der Waals surface area (Å²) in [5.41, 5.74) is 0.612. The minimum absolute atomic E-state index is 0.148. The molecule has 0 amide bonds. The monoisotopic (exact) mass is 342 g/mol. The van der Waals surface area contributed by atoms with E-state index in [4.69, 9.17) is 4.74 Å². The van der Waals surface area contributed by atoms with E-state index >= 15 is 0 Å². The largest absolute Gasteiger partial charge is 0.451 e. The highest BCUT2D eigenvalue weighted by Crippen LogP contribution is 2.60. The average molecular weight is 342 g/mol. The Morgan fingerprint density at radius 2 is 1.84 bits per heavy atom. The number of rotatable bonds is 5. The van der Waals surface area contributed by atoms with Crippen molar-refractivity contribution in [3.63, 3.8) is 0 Å². The van der Waals surface area contributed by atoms with Gasteiger partial charge in [0.05, 0.1) is 6.20 Å². The molecule has 1 heterocycles. The lowest BCUT2D eigenvalue weighted by atomic mass is 9.48. The summed E-state index contributed by atoms with van der Waals surface area (Å²) in [5, 5.41) is 4.05. The predicted octanol–water partition coefficient (Wildman–Crippen LogP) is 3.15. The molecule has 1 aromatic rings. The van der Waals surface area contributed by atoms with Crippen LogP contribution in [0.1, 0.15) is 51.0 Å². The van der Waals surface area contributed by atoms with Crippen LogP contribution in [0, 0.1) is 23.2 Å². The number of esters is 1. The van der Waals surface area contributed by atoms with E-state index in [0.29, 0.717) is 17.8 Å². The molecule has 0 unspecified atom stereocenters. The Morgan fingerprint density at radius 1 is 1.24 bits per heavy atom. The van der Waals surface area contributed by atoms with Gasteiger partial charge in [0.25, 0.3) is 0 Å². The summed E-state index contributed by atoms with van der Waals surface area (Å²) in [6, 6.07) is 0. The quantitative estimate of drug-likeness (QED) is 0.609. The number of Topliss-reactive ketones (excluding diaryl/α,β-unsaturated/α-hetero) is 1. The minimum Gasteiger partial charge on any atom is -0.451 e. The second-order valence-electron chi connectivity index (χ2n) is 8.42. The molecule has 0 spiro atoms. The number of carbonyl (C=O) groups is 2. The Hall–Kier alpha value is -1.91. The van der Waals surface area contributed by atoms with Crippen molar-refractivity contribution >= 4 is 17.8 Å². The first-order valence-corrected chi connectivity index (χ1v) is 9.35. The number of aryl methyl sites for hydroxylation is 1. The first-order chi connectivity index (χ1) is 11.9. The summed E-state index contributed by atoms with van der Waals surface area (Å²) < 4.78 is 7.10. The molecular weight excluding hydrogens is 316 g/mol. The number of carbonyl (C=O) groups excluding carboxylic acids is 2. The lowest BCUT2D eigenvalue weighted by Gasteiger charge is -2.56. The number of ether oxygens (including phenoxy) is 1. The molecule has 0 N–H and O–H groups in total. The molecule has 0 radical (unpaired) electrons. The third-order valence-electron chi connectivity index (χ3n) is 6.36. The third-order valence-corrected chi connectivity index (χ3v) is 6.36. The number of nitrogens with zero attached hydrogens (tertiary/aromatic N) is 2. The van der Waals surface area contributed by atoms with E-state index in [0.717, 1.165) is 24.8 Å². The van der Waals surface area contributed by atoms with Crippen molar-refractivity contribution in [3.8, 4) is 0 Å². The van der Waals surface area contributed by atoms with E-state index in [1.54, 1.807) is 23.9 Å². The first-order valence-electron chi connectivity index (χ1n) is 9.35. The van der Waals surface area contributed by atoms with Crippen molar-refractivity contribution in [2.24, 2.45) is 30.2 Å². The molecule has 5 heteroatoms. The third kappa shape index (κ3) is 3.16. The van der Waals surface area contributed by atoms with Crippen LogP contribution in [0.2, 0.25) is 0 Å².